The lowest BCUT2D eigenvalue weighted by Gasteiger charge is -2.07. The van der Waals surface area contributed by atoms with E-state index in [1.54, 1.807) is 7.11 Å². The van der Waals surface area contributed by atoms with E-state index in [1.807, 2.05) is 24.3 Å². The van der Waals surface area contributed by atoms with E-state index >= 15 is 0 Å². The van der Waals surface area contributed by atoms with Crippen LogP contribution < -0.4 is 15.4 Å². The van der Waals surface area contributed by atoms with Gasteiger partial charge in [-0.2, -0.15) is 0 Å². The smallest absolute Gasteiger partial charge is 0.313 e. The second-order valence-corrected chi connectivity index (χ2v) is 4.82. The van der Waals surface area contributed by atoms with Crippen LogP contribution in [0.15, 0.2) is 48.5 Å². The van der Waals surface area contributed by atoms with E-state index < -0.39 is 17.6 Å². The Morgan fingerprint density at radius 1 is 1.09 bits per heavy atom. The van der Waals surface area contributed by atoms with Gasteiger partial charge in [0.2, 0.25) is 0 Å². The summed E-state index contributed by atoms with van der Waals surface area (Å²) < 4.78 is 17.9. The van der Waals surface area contributed by atoms with Crippen molar-refractivity contribution in [2.45, 2.75) is 6.42 Å². The lowest BCUT2D eigenvalue weighted by molar-refractivity contribution is -0.136. The zero-order valence-electron chi connectivity index (χ0n) is 12.6. The second-order valence-electron chi connectivity index (χ2n) is 4.82. The van der Waals surface area contributed by atoms with Crippen molar-refractivity contribution in [2.24, 2.45) is 0 Å². The Hall–Kier alpha value is -2.89. The first-order chi connectivity index (χ1) is 11.1. The highest BCUT2D eigenvalue weighted by Gasteiger charge is 2.13. The standard InChI is InChI=1S/C17H17FN2O3/c1-23-15-4-2-3-12(11-15)9-10-19-16(21)17(22)20-14-7-5-13(18)6-8-14/h2-8,11H,9-10H2,1H3,(H,19,21)(H,20,22). The van der Waals surface area contributed by atoms with Crippen molar-refractivity contribution in [3.05, 3.63) is 59.9 Å². The number of nitrogens with one attached hydrogen (secondary N) is 2. The molecule has 0 spiro atoms. The minimum atomic E-state index is -0.790. The van der Waals surface area contributed by atoms with Gasteiger partial charge in [-0.1, -0.05) is 12.1 Å². The van der Waals surface area contributed by atoms with Crippen molar-refractivity contribution in [3.8, 4) is 5.75 Å². The molecule has 0 fully saturated rings. The topological polar surface area (TPSA) is 67.4 Å². The molecule has 2 amide bonds. The van der Waals surface area contributed by atoms with Crippen LogP contribution in [0.25, 0.3) is 0 Å². The van der Waals surface area contributed by atoms with Gasteiger partial charge in [-0.15, -0.1) is 0 Å². The fourth-order valence-corrected chi connectivity index (χ4v) is 1.95. The van der Waals surface area contributed by atoms with Gasteiger partial charge in [0.25, 0.3) is 0 Å². The summed E-state index contributed by atoms with van der Waals surface area (Å²) in [5.41, 5.74) is 1.35. The van der Waals surface area contributed by atoms with Crippen LogP contribution in [0.2, 0.25) is 0 Å². The molecule has 0 bridgehead atoms. The van der Waals surface area contributed by atoms with E-state index in [-0.39, 0.29) is 0 Å². The molecule has 0 unspecified atom stereocenters. The van der Waals surface area contributed by atoms with Gasteiger partial charge >= 0.3 is 11.8 Å². The lowest BCUT2D eigenvalue weighted by Crippen LogP contribution is -2.36. The third kappa shape index (κ3) is 5.10. The molecule has 5 nitrogen and oxygen atoms in total. The Morgan fingerprint density at radius 2 is 1.83 bits per heavy atom. The Morgan fingerprint density at radius 3 is 2.52 bits per heavy atom. The summed E-state index contributed by atoms with van der Waals surface area (Å²) in [4.78, 5) is 23.4. The Kier molecular flexibility index (Phi) is 5.68. The molecule has 23 heavy (non-hydrogen) atoms. The average Bonchev–Trinajstić information content (AvgIpc) is 2.57. The van der Waals surface area contributed by atoms with Crippen molar-refractivity contribution >= 4 is 17.5 Å². The van der Waals surface area contributed by atoms with Crippen LogP contribution in [0.4, 0.5) is 10.1 Å². The van der Waals surface area contributed by atoms with E-state index in [9.17, 15) is 14.0 Å². The zero-order chi connectivity index (χ0) is 16.7. The molecular weight excluding hydrogens is 299 g/mol. The quantitative estimate of drug-likeness (QED) is 0.831. The Balaban J connectivity index is 1.79. The Labute approximate surface area is 133 Å². The first kappa shape index (κ1) is 16.5. The summed E-state index contributed by atoms with van der Waals surface area (Å²) in [7, 11) is 1.58. The molecule has 0 saturated carbocycles. The first-order valence-electron chi connectivity index (χ1n) is 7.06. The number of halogens is 1. The number of carbonyl (C=O) groups is 2. The number of anilines is 1. The number of amides is 2. The highest BCUT2D eigenvalue weighted by molar-refractivity contribution is 6.39. The first-order valence-corrected chi connectivity index (χ1v) is 7.06. The van der Waals surface area contributed by atoms with Crippen molar-refractivity contribution in [2.75, 3.05) is 19.0 Å². The minimum Gasteiger partial charge on any atom is -0.497 e. The van der Waals surface area contributed by atoms with E-state index in [4.69, 9.17) is 4.74 Å². The summed E-state index contributed by atoms with van der Waals surface area (Å²) in [6.07, 6.45) is 0.576. The summed E-state index contributed by atoms with van der Waals surface area (Å²) >= 11 is 0. The Bertz CT molecular complexity index is 686. The molecule has 0 heterocycles. The minimum absolute atomic E-state index is 0.322. The van der Waals surface area contributed by atoms with Gasteiger partial charge < -0.3 is 15.4 Å². The van der Waals surface area contributed by atoms with Crippen molar-refractivity contribution in [1.82, 2.24) is 5.32 Å². The van der Waals surface area contributed by atoms with Crippen LogP contribution in [0.3, 0.4) is 0 Å². The number of ether oxygens (including phenoxy) is 1. The maximum Gasteiger partial charge on any atom is 0.313 e. The van der Waals surface area contributed by atoms with E-state index in [2.05, 4.69) is 10.6 Å². The number of hydrogen-bond acceptors (Lipinski definition) is 3. The number of benzene rings is 2. The third-order valence-corrected chi connectivity index (χ3v) is 3.14. The highest BCUT2D eigenvalue weighted by atomic mass is 19.1. The van der Waals surface area contributed by atoms with E-state index in [0.717, 1.165) is 11.3 Å². The molecular formula is C17H17FN2O3. The van der Waals surface area contributed by atoms with Crippen LogP contribution in [-0.2, 0) is 16.0 Å². The number of methoxy groups -OCH3 is 1. The molecule has 0 aliphatic rings. The summed E-state index contributed by atoms with van der Waals surface area (Å²) in [6, 6.07) is 12.6. The SMILES string of the molecule is COc1cccc(CCNC(=O)C(=O)Nc2ccc(F)cc2)c1. The molecule has 0 atom stereocenters. The molecule has 0 aliphatic heterocycles. The van der Waals surface area contributed by atoms with Crippen molar-refractivity contribution < 1.29 is 18.7 Å². The molecule has 0 aliphatic carbocycles. The van der Waals surface area contributed by atoms with E-state index in [1.165, 1.54) is 24.3 Å². The highest BCUT2D eigenvalue weighted by Crippen LogP contribution is 2.12. The van der Waals surface area contributed by atoms with Crippen molar-refractivity contribution in [1.29, 1.82) is 0 Å². The van der Waals surface area contributed by atoms with Crippen LogP contribution in [0, 0.1) is 5.82 Å². The van der Waals surface area contributed by atoms with Gasteiger partial charge in [-0.05, 0) is 48.4 Å². The van der Waals surface area contributed by atoms with Crippen LogP contribution in [-0.4, -0.2) is 25.5 Å². The molecule has 0 aromatic heterocycles. The van der Waals surface area contributed by atoms with Crippen molar-refractivity contribution in [3.63, 3.8) is 0 Å². The number of hydrogen-bond donors (Lipinski definition) is 2. The normalized spacial score (nSPS) is 10.0. The maximum absolute atomic E-state index is 12.8. The average molecular weight is 316 g/mol. The van der Waals surface area contributed by atoms with Gasteiger partial charge in [0.05, 0.1) is 7.11 Å². The summed E-state index contributed by atoms with van der Waals surface area (Å²) in [5, 5.41) is 4.93. The fraction of sp³-hybridized carbons (Fsp3) is 0.176. The molecule has 120 valence electrons. The molecule has 6 heteroatoms. The summed E-state index contributed by atoms with van der Waals surface area (Å²) in [6.45, 7) is 0.322. The lowest BCUT2D eigenvalue weighted by atomic mass is 10.1. The largest absolute Gasteiger partial charge is 0.497 e. The maximum atomic E-state index is 12.8. The number of rotatable bonds is 5. The van der Waals surface area contributed by atoms with Gasteiger partial charge in [0, 0.05) is 12.2 Å². The zero-order valence-corrected chi connectivity index (χ0v) is 12.6. The van der Waals surface area contributed by atoms with Crippen LogP contribution in [0.5, 0.6) is 5.75 Å². The molecule has 0 saturated heterocycles. The molecule has 2 rings (SSSR count). The molecule has 2 N–H and O–H groups in total. The van der Waals surface area contributed by atoms with Gasteiger partial charge in [-0.25, -0.2) is 4.39 Å². The molecule has 2 aromatic rings. The van der Waals surface area contributed by atoms with Gasteiger partial charge in [0.1, 0.15) is 11.6 Å². The van der Waals surface area contributed by atoms with Gasteiger partial charge in [0.15, 0.2) is 0 Å². The van der Waals surface area contributed by atoms with Crippen LogP contribution in [0.1, 0.15) is 5.56 Å². The van der Waals surface area contributed by atoms with E-state index in [0.29, 0.717) is 18.7 Å². The monoisotopic (exact) mass is 316 g/mol. The second kappa shape index (κ2) is 7.93. The fourth-order valence-electron chi connectivity index (χ4n) is 1.95. The predicted molar refractivity (Wildman–Crippen MR) is 84.7 cm³/mol. The van der Waals surface area contributed by atoms with Gasteiger partial charge in [-0.3, -0.25) is 9.59 Å². The number of carbonyl (C=O) groups excluding carboxylic acids is 2. The molecule has 2 aromatic carbocycles. The van der Waals surface area contributed by atoms with Crippen LogP contribution >= 0.6 is 0 Å². The third-order valence-electron chi connectivity index (χ3n) is 3.14. The summed E-state index contributed by atoms with van der Waals surface area (Å²) in [5.74, 6) is -1.20. The predicted octanol–water partition coefficient (Wildman–Crippen LogP) is 2.13. The molecule has 0 radical (unpaired) electrons.